The average Bonchev–Trinajstić information content (AvgIpc) is 2.50. The first-order valence-corrected chi connectivity index (χ1v) is 8.61. The summed E-state index contributed by atoms with van der Waals surface area (Å²) in [6, 6.07) is 0. The Morgan fingerprint density at radius 3 is 2.50 bits per heavy atom. The zero-order valence-corrected chi connectivity index (χ0v) is 13.2. The van der Waals surface area contributed by atoms with Crippen LogP contribution in [0, 0.1) is 17.8 Å². The van der Waals surface area contributed by atoms with Crippen molar-refractivity contribution in [1.82, 2.24) is 0 Å². The summed E-state index contributed by atoms with van der Waals surface area (Å²) in [6.07, 6.45) is 14.0. The number of hydrogen-bond acceptors (Lipinski definition) is 2. The summed E-state index contributed by atoms with van der Waals surface area (Å²) in [5.41, 5.74) is 1.35. The largest absolute Gasteiger partial charge is 0.466 e. The Morgan fingerprint density at radius 1 is 1.20 bits per heavy atom. The number of esters is 1. The minimum absolute atomic E-state index is 0.0160. The van der Waals surface area contributed by atoms with Crippen LogP contribution in [0.3, 0.4) is 0 Å². The smallest absolute Gasteiger partial charge is 0.313 e. The standard InChI is InChI=1S/C18H30O2/c1-3-17(18(19)20-4-2)16-12-10-15(11-13-16)14-8-6-5-7-9-14/h12,14-15,17H,3-11,13H2,1-2H3/t15-,17-/m1/s1. The lowest BCUT2D eigenvalue weighted by atomic mass is 9.72. The maximum Gasteiger partial charge on any atom is 0.313 e. The molecule has 114 valence electrons. The van der Waals surface area contributed by atoms with Crippen molar-refractivity contribution >= 4 is 5.97 Å². The van der Waals surface area contributed by atoms with Gasteiger partial charge in [0.05, 0.1) is 12.5 Å². The van der Waals surface area contributed by atoms with Crippen molar-refractivity contribution in [2.24, 2.45) is 17.8 Å². The summed E-state index contributed by atoms with van der Waals surface area (Å²) < 4.78 is 5.21. The Kier molecular flexibility index (Phi) is 6.12. The minimum Gasteiger partial charge on any atom is -0.466 e. The minimum atomic E-state index is -0.0163. The molecule has 2 atom stereocenters. The van der Waals surface area contributed by atoms with E-state index < -0.39 is 0 Å². The number of rotatable bonds is 5. The highest BCUT2D eigenvalue weighted by molar-refractivity contribution is 5.75. The molecular formula is C18H30O2. The maximum absolute atomic E-state index is 12.0. The fourth-order valence-corrected chi connectivity index (χ4v) is 4.05. The molecule has 2 rings (SSSR count). The zero-order valence-electron chi connectivity index (χ0n) is 13.2. The van der Waals surface area contributed by atoms with Gasteiger partial charge in [-0.05, 0) is 44.4 Å². The second kappa shape index (κ2) is 7.85. The molecule has 2 heteroatoms. The van der Waals surface area contributed by atoms with Crippen LogP contribution in [0.25, 0.3) is 0 Å². The fourth-order valence-electron chi connectivity index (χ4n) is 4.05. The van der Waals surface area contributed by atoms with Crippen molar-refractivity contribution in [3.63, 3.8) is 0 Å². The molecule has 0 aromatic heterocycles. The van der Waals surface area contributed by atoms with Crippen molar-refractivity contribution in [1.29, 1.82) is 0 Å². The summed E-state index contributed by atoms with van der Waals surface area (Å²) in [6.45, 7) is 4.47. The van der Waals surface area contributed by atoms with Gasteiger partial charge in [-0.1, -0.05) is 50.7 Å². The molecule has 0 spiro atoms. The van der Waals surface area contributed by atoms with Crippen LogP contribution in [0.15, 0.2) is 11.6 Å². The van der Waals surface area contributed by atoms with E-state index in [4.69, 9.17) is 4.74 Å². The number of carbonyl (C=O) groups excluding carboxylic acids is 1. The third-order valence-corrected chi connectivity index (χ3v) is 5.23. The molecule has 2 aliphatic rings. The van der Waals surface area contributed by atoms with Gasteiger partial charge in [-0.15, -0.1) is 0 Å². The van der Waals surface area contributed by atoms with Crippen molar-refractivity contribution in [2.45, 2.75) is 71.6 Å². The molecule has 1 fully saturated rings. The van der Waals surface area contributed by atoms with Crippen LogP contribution in [0.1, 0.15) is 71.6 Å². The summed E-state index contributed by atoms with van der Waals surface area (Å²) in [4.78, 5) is 12.0. The van der Waals surface area contributed by atoms with Crippen LogP contribution in [-0.2, 0) is 9.53 Å². The highest BCUT2D eigenvalue weighted by Crippen LogP contribution is 2.39. The van der Waals surface area contributed by atoms with Crippen molar-refractivity contribution in [3.05, 3.63) is 11.6 Å². The lowest BCUT2D eigenvalue weighted by molar-refractivity contribution is -0.146. The van der Waals surface area contributed by atoms with Crippen LogP contribution in [0.4, 0.5) is 0 Å². The summed E-state index contributed by atoms with van der Waals surface area (Å²) in [5.74, 6) is 1.82. The second-order valence-electron chi connectivity index (χ2n) is 6.42. The van der Waals surface area contributed by atoms with Gasteiger partial charge in [-0.3, -0.25) is 4.79 Å². The second-order valence-corrected chi connectivity index (χ2v) is 6.42. The molecule has 2 aliphatic carbocycles. The normalized spacial score (nSPS) is 25.9. The predicted molar refractivity (Wildman–Crippen MR) is 82.4 cm³/mol. The van der Waals surface area contributed by atoms with Gasteiger partial charge in [0.2, 0.25) is 0 Å². The summed E-state index contributed by atoms with van der Waals surface area (Å²) in [7, 11) is 0. The van der Waals surface area contributed by atoms with Crippen LogP contribution in [-0.4, -0.2) is 12.6 Å². The third-order valence-electron chi connectivity index (χ3n) is 5.23. The molecule has 1 saturated carbocycles. The molecule has 0 amide bonds. The van der Waals surface area contributed by atoms with Gasteiger partial charge < -0.3 is 4.74 Å². The van der Waals surface area contributed by atoms with E-state index in [0.29, 0.717) is 6.61 Å². The van der Waals surface area contributed by atoms with Crippen LogP contribution >= 0.6 is 0 Å². The molecule has 2 nitrogen and oxygen atoms in total. The van der Waals surface area contributed by atoms with Crippen molar-refractivity contribution < 1.29 is 9.53 Å². The van der Waals surface area contributed by atoms with E-state index in [2.05, 4.69) is 13.0 Å². The van der Waals surface area contributed by atoms with Gasteiger partial charge >= 0.3 is 5.97 Å². The Balaban J connectivity index is 1.91. The Bertz CT molecular complexity index is 339. The molecular weight excluding hydrogens is 248 g/mol. The highest BCUT2D eigenvalue weighted by atomic mass is 16.5. The van der Waals surface area contributed by atoms with Gasteiger partial charge in [0.15, 0.2) is 0 Å². The molecule has 0 bridgehead atoms. The summed E-state index contributed by atoms with van der Waals surface area (Å²) in [5, 5.41) is 0. The van der Waals surface area contributed by atoms with E-state index in [1.165, 1.54) is 50.5 Å². The van der Waals surface area contributed by atoms with Gasteiger partial charge in [0, 0.05) is 0 Å². The molecule has 0 aromatic carbocycles. The zero-order chi connectivity index (χ0) is 14.4. The SMILES string of the molecule is CCOC(=O)[C@H](CC)C1=CC[C@@H](C2CCCCC2)CC1. The Morgan fingerprint density at radius 2 is 1.95 bits per heavy atom. The first-order chi connectivity index (χ1) is 9.76. The molecule has 0 radical (unpaired) electrons. The molecule has 0 heterocycles. The summed E-state index contributed by atoms with van der Waals surface area (Å²) >= 11 is 0. The van der Waals surface area contributed by atoms with Gasteiger partial charge in [0.1, 0.15) is 0 Å². The molecule has 0 aromatic rings. The van der Waals surface area contributed by atoms with E-state index in [1.807, 2.05) is 6.92 Å². The number of allylic oxidation sites excluding steroid dienone is 1. The molecule has 0 saturated heterocycles. The average molecular weight is 278 g/mol. The fraction of sp³-hybridized carbons (Fsp3) is 0.833. The van der Waals surface area contributed by atoms with E-state index in [0.717, 1.165) is 24.7 Å². The lowest BCUT2D eigenvalue weighted by Crippen LogP contribution is -2.24. The number of hydrogen-bond donors (Lipinski definition) is 0. The lowest BCUT2D eigenvalue weighted by Gasteiger charge is -2.33. The third kappa shape index (κ3) is 3.86. The molecule has 20 heavy (non-hydrogen) atoms. The van der Waals surface area contributed by atoms with E-state index >= 15 is 0 Å². The van der Waals surface area contributed by atoms with E-state index in [1.54, 1.807) is 0 Å². The van der Waals surface area contributed by atoms with Gasteiger partial charge in [-0.2, -0.15) is 0 Å². The van der Waals surface area contributed by atoms with E-state index in [-0.39, 0.29) is 11.9 Å². The first kappa shape index (κ1) is 15.6. The number of ether oxygens (including phenoxy) is 1. The van der Waals surface area contributed by atoms with Crippen LogP contribution in [0.2, 0.25) is 0 Å². The van der Waals surface area contributed by atoms with Gasteiger partial charge in [-0.25, -0.2) is 0 Å². The quantitative estimate of drug-likeness (QED) is 0.529. The molecule has 0 unspecified atom stereocenters. The highest BCUT2D eigenvalue weighted by Gasteiger charge is 2.29. The van der Waals surface area contributed by atoms with Crippen molar-refractivity contribution in [2.75, 3.05) is 6.61 Å². The molecule has 0 N–H and O–H groups in total. The topological polar surface area (TPSA) is 26.3 Å². The predicted octanol–water partition coefficient (Wildman–Crippen LogP) is 4.88. The maximum atomic E-state index is 12.0. The first-order valence-electron chi connectivity index (χ1n) is 8.61. The van der Waals surface area contributed by atoms with Crippen molar-refractivity contribution in [3.8, 4) is 0 Å². The van der Waals surface area contributed by atoms with Crippen LogP contribution in [0.5, 0.6) is 0 Å². The van der Waals surface area contributed by atoms with Gasteiger partial charge in [0.25, 0.3) is 0 Å². The number of carbonyl (C=O) groups is 1. The molecule has 0 aliphatic heterocycles. The van der Waals surface area contributed by atoms with Crippen LogP contribution < -0.4 is 0 Å². The Labute approximate surface area is 124 Å². The monoisotopic (exact) mass is 278 g/mol. The van der Waals surface area contributed by atoms with E-state index in [9.17, 15) is 4.79 Å². The Hall–Kier alpha value is -0.790.